The van der Waals surface area contributed by atoms with Crippen LogP contribution in [0, 0.1) is 0 Å². The predicted molar refractivity (Wildman–Crippen MR) is 74.5 cm³/mol. The van der Waals surface area contributed by atoms with Gasteiger partial charge in [-0.2, -0.15) is 0 Å². The molecule has 0 spiro atoms. The van der Waals surface area contributed by atoms with Gasteiger partial charge >= 0.3 is 5.97 Å². The van der Waals surface area contributed by atoms with Gasteiger partial charge in [-0.15, -0.1) is 0 Å². The smallest absolute Gasteiger partial charge is 0.338 e. The summed E-state index contributed by atoms with van der Waals surface area (Å²) in [5, 5.41) is 3.34. The second-order valence-corrected chi connectivity index (χ2v) is 4.65. The van der Waals surface area contributed by atoms with E-state index in [1.54, 1.807) is 19.1 Å². The molecule has 1 aromatic carbocycles. The molecule has 1 heterocycles. The molecule has 1 N–H and O–H groups in total. The van der Waals surface area contributed by atoms with Crippen LogP contribution in [0.3, 0.4) is 0 Å². The Kier molecular flexibility index (Phi) is 5.21. The van der Waals surface area contributed by atoms with Gasteiger partial charge in [0.15, 0.2) is 0 Å². The summed E-state index contributed by atoms with van der Waals surface area (Å²) in [5.41, 5.74) is 1.61. The van der Waals surface area contributed by atoms with E-state index in [4.69, 9.17) is 9.47 Å². The van der Waals surface area contributed by atoms with Crippen molar-refractivity contribution in [1.29, 1.82) is 0 Å². The van der Waals surface area contributed by atoms with Crippen LogP contribution in [0.5, 0.6) is 0 Å². The lowest BCUT2D eigenvalue weighted by Gasteiger charge is -2.11. The molecule has 1 aliphatic heterocycles. The summed E-state index contributed by atoms with van der Waals surface area (Å²) in [6.45, 7) is 4.00. The lowest BCUT2D eigenvalue weighted by Crippen LogP contribution is -2.12. The minimum atomic E-state index is -0.270. The van der Waals surface area contributed by atoms with E-state index >= 15 is 0 Å². The van der Waals surface area contributed by atoms with Crippen LogP contribution in [0.4, 0.5) is 5.69 Å². The Bertz CT molecular complexity index is 396. The summed E-state index contributed by atoms with van der Waals surface area (Å²) >= 11 is 0. The molecular weight excluding hydrogens is 242 g/mol. The number of hydrogen-bond donors (Lipinski definition) is 1. The van der Waals surface area contributed by atoms with Crippen LogP contribution in [0.15, 0.2) is 24.3 Å². The number of carbonyl (C=O) groups is 1. The van der Waals surface area contributed by atoms with Crippen molar-refractivity contribution in [1.82, 2.24) is 0 Å². The first-order chi connectivity index (χ1) is 9.29. The highest BCUT2D eigenvalue weighted by molar-refractivity contribution is 5.89. The first-order valence-electron chi connectivity index (χ1n) is 6.92. The first kappa shape index (κ1) is 13.9. The third-order valence-electron chi connectivity index (χ3n) is 3.22. The van der Waals surface area contributed by atoms with Crippen molar-refractivity contribution in [3.05, 3.63) is 29.8 Å². The summed E-state index contributed by atoms with van der Waals surface area (Å²) in [6, 6.07) is 7.38. The summed E-state index contributed by atoms with van der Waals surface area (Å²) in [7, 11) is 0. The monoisotopic (exact) mass is 263 g/mol. The average Bonchev–Trinajstić information content (AvgIpc) is 2.93. The molecule has 4 heteroatoms. The fourth-order valence-corrected chi connectivity index (χ4v) is 2.19. The maximum Gasteiger partial charge on any atom is 0.338 e. The van der Waals surface area contributed by atoms with Gasteiger partial charge in [-0.3, -0.25) is 0 Å². The fourth-order valence-electron chi connectivity index (χ4n) is 2.19. The van der Waals surface area contributed by atoms with E-state index in [0.29, 0.717) is 18.3 Å². The molecule has 1 saturated heterocycles. The second kappa shape index (κ2) is 7.14. The van der Waals surface area contributed by atoms with E-state index in [9.17, 15) is 4.79 Å². The van der Waals surface area contributed by atoms with Crippen LogP contribution in [0.2, 0.25) is 0 Å². The summed E-state index contributed by atoms with van der Waals surface area (Å²) < 4.78 is 10.5. The molecule has 19 heavy (non-hydrogen) atoms. The molecule has 1 fully saturated rings. The van der Waals surface area contributed by atoms with Crippen LogP contribution in [0.25, 0.3) is 0 Å². The highest BCUT2D eigenvalue weighted by Gasteiger charge is 2.14. The Labute approximate surface area is 114 Å². The van der Waals surface area contributed by atoms with Gasteiger partial charge in [0, 0.05) is 18.8 Å². The molecule has 0 aromatic heterocycles. The zero-order valence-corrected chi connectivity index (χ0v) is 11.4. The molecule has 0 saturated carbocycles. The zero-order valence-electron chi connectivity index (χ0n) is 11.4. The molecule has 1 aromatic rings. The van der Waals surface area contributed by atoms with Gasteiger partial charge in [0.2, 0.25) is 0 Å². The number of hydrogen-bond acceptors (Lipinski definition) is 4. The number of anilines is 1. The van der Waals surface area contributed by atoms with Crippen molar-refractivity contribution >= 4 is 11.7 Å². The Morgan fingerprint density at radius 1 is 1.42 bits per heavy atom. The van der Waals surface area contributed by atoms with Gasteiger partial charge in [0.1, 0.15) is 0 Å². The van der Waals surface area contributed by atoms with Gasteiger partial charge < -0.3 is 14.8 Å². The zero-order chi connectivity index (χ0) is 13.5. The van der Waals surface area contributed by atoms with Gasteiger partial charge in [0.05, 0.1) is 18.3 Å². The van der Waals surface area contributed by atoms with Crippen molar-refractivity contribution in [2.45, 2.75) is 32.3 Å². The minimum absolute atomic E-state index is 0.270. The Morgan fingerprint density at radius 3 is 2.84 bits per heavy atom. The first-order valence-corrected chi connectivity index (χ1v) is 6.92. The van der Waals surface area contributed by atoms with Crippen LogP contribution < -0.4 is 5.32 Å². The second-order valence-electron chi connectivity index (χ2n) is 4.65. The Hall–Kier alpha value is -1.55. The summed E-state index contributed by atoms with van der Waals surface area (Å²) in [6.07, 6.45) is 3.79. The molecule has 1 aliphatic rings. The summed E-state index contributed by atoms with van der Waals surface area (Å²) in [5.74, 6) is -0.270. The SMILES string of the molecule is CCOC(=O)c1ccc(NCCC2CCCO2)cc1. The third-order valence-corrected chi connectivity index (χ3v) is 3.22. The molecule has 0 bridgehead atoms. The molecule has 4 nitrogen and oxygen atoms in total. The lowest BCUT2D eigenvalue weighted by molar-refractivity contribution is 0.0526. The Balaban J connectivity index is 1.76. The Morgan fingerprint density at radius 2 is 2.21 bits per heavy atom. The van der Waals surface area contributed by atoms with Crippen LogP contribution >= 0.6 is 0 Å². The molecule has 0 radical (unpaired) electrons. The number of benzene rings is 1. The molecule has 1 atom stereocenters. The largest absolute Gasteiger partial charge is 0.462 e. The van der Waals surface area contributed by atoms with Crippen LogP contribution in [0.1, 0.15) is 36.5 Å². The van der Waals surface area contributed by atoms with Crippen molar-refractivity contribution in [2.24, 2.45) is 0 Å². The predicted octanol–water partition coefficient (Wildman–Crippen LogP) is 2.84. The van der Waals surface area contributed by atoms with E-state index in [2.05, 4.69) is 5.32 Å². The lowest BCUT2D eigenvalue weighted by atomic mass is 10.1. The third kappa shape index (κ3) is 4.24. The van der Waals surface area contributed by atoms with Gasteiger partial charge in [-0.1, -0.05) is 0 Å². The van der Waals surface area contributed by atoms with Crippen LogP contribution in [-0.2, 0) is 9.47 Å². The number of carbonyl (C=O) groups excluding carboxylic acids is 1. The highest BCUT2D eigenvalue weighted by Crippen LogP contribution is 2.16. The van der Waals surface area contributed by atoms with Crippen molar-refractivity contribution in [3.63, 3.8) is 0 Å². The molecule has 104 valence electrons. The highest BCUT2D eigenvalue weighted by atomic mass is 16.5. The van der Waals surface area contributed by atoms with Gasteiger partial charge in [0.25, 0.3) is 0 Å². The molecule has 0 aliphatic carbocycles. The molecule has 0 amide bonds. The van der Waals surface area contributed by atoms with Gasteiger partial charge in [-0.25, -0.2) is 4.79 Å². The van der Waals surface area contributed by atoms with Crippen molar-refractivity contribution < 1.29 is 14.3 Å². The quantitative estimate of drug-likeness (QED) is 0.802. The van der Waals surface area contributed by atoms with Crippen molar-refractivity contribution in [3.8, 4) is 0 Å². The number of rotatable bonds is 6. The number of nitrogens with one attached hydrogen (secondary N) is 1. The topological polar surface area (TPSA) is 47.6 Å². The fraction of sp³-hybridized carbons (Fsp3) is 0.533. The normalized spacial score (nSPS) is 18.3. The average molecular weight is 263 g/mol. The van der Waals surface area contributed by atoms with E-state index in [1.807, 2.05) is 12.1 Å². The molecule has 1 unspecified atom stereocenters. The van der Waals surface area contributed by atoms with E-state index < -0.39 is 0 Å². The maximum absolute atomic E-state index is 11.5. The minimum Gasteiger partial charge on any atom is -0.462 e. The van der Waals surface area contributed by atoms with E-state index in [-0.39, 0.29) is 5.97 Å². The number of ether oxygens (including phenoxy) is 2. The molecular formula is C15H21NO3. The van der Waals surface area contributed by atoms with Gasteiger partial charge in [-0.05, 0) is 50.5 Å². The maximum atomic E-state index is 11.5. The van der Waals surface area contributed by atoms with Crippen LogP contribution in [-0.4, -0.2) is 31.8 Å². The molecule has 2 rings (SSSR count). The summed E-state index contributed by atoms with van der Waals surface area (Å²) in [4.78, 5) is 11.5. The van der Waals surface area contributed by atoms with Crippen molar-refractivity contribution in [2.75, 3.05) is 25.1 Å². The standard InChI is InChI=1S/C15H21NO3/c1-2-18-15(17)12-5-7-13(8-6-12)16-10-9-14-4-3-11-19-14/h5-8,14,16H,2-4,9-11H2,1H3. The van der Waals surface area contributed by atoms with E-state index in [0.717, 1.165) is 25.3 Å². The van der Waals surface area contributed by atoms with E-state index in [1.165, 1.54) is 12.8 Å². The number of esters is 1.